The van der Waals surface area contributed by atoms with E-state index in [4.69, 9.17) is 8.85 Å². The highest BCUT2D eigenvalue weighted by molar-refractivity contribution is 6.70. The molecule has 2 atom stereocenters. The first-order valence-electron chi connectivity index (χ1n) is 11.7. The Morgan fingerprint density at radius 2 is 1.00 bits per heavy atom. The van der Waals surface area contributed by atoms with Gasteiger partial charge in [-0.2, -0.15) is 0 Å². The second kappa shape index (κ2) is 13.1. The second-order valence-electron chi connectivity index (χ2n) is 8.85. The Morgan fingerprint density at radius 3 is 1.29 bits per heavy atom. The van der Waals surface area contributed by atoms with Crippen LogP contribution in [0.2, 0.25) is 11.1 Å². The Morgan fingerprint density at radius 1 is 0.645 bits per heavy atom. The third-order valence-electron chi connectivity index (χ3n) is 5.92. The van der Waals surface area contributed by atoms with Crippen molar-refractivity contribution in [3.63, 3.8) is 0 Å². The second-order valence-corrected chi connectivity index (χ2v) is 13.1. The number of rotatable bonds is 14. The zero-order valence-corrected chi connectivity index (χ0v) is 21.2. The van der Waals surface area contributed by atoms with Crippen molar-refractivity contribution in [2.24, 2.45) is 0 Å². The minimum absolute atomic E-state index is 0.0193. The summed E-state index contributed by atoms with van der Waals surface area (Å²) in [5.74, 6) is 0. The summed E-state index contributed by atoms with van der Waals surface area (Å²) in [6, 6.07) is 21.2. The number of benzene rings is 2. The van der Waals surface area contributed by atoms with Gasteiger partial charge in [0.05, 0.1) is 12.2 Å². The van der Waals surface area contributed by atoms with Crippen LogP contribution in [0.3, 0.4) is 0 Å². The summed E-state index contributed by atoms with van der Waals surface area (Å²) in [4.78, 5) is 0. The molecule has 4 nitrogen and oxygen atoms in total. The van der Waals surface area contributed by atoms with Gasteiger partial charge in [-0.25, -0.2) is 0 Å². The van der Waals surface area contributed by atoms with Crippen molar-refractivity contribution < 1.29 is 8.85 Å². The molecule has 172 valence electrons. The van der Waals surface area contributed by atoms with E-state index >= 15 is 0 Å². The van der Waals surface area contributed by atoms with E-state index in [9.17, 15) is 0 Å². The molecule has 0 heterocycles. The van der Waals surface area contributed by atoms with Gasteiger partial charge >= 0.3 is 8.56 Å². The Balaban J connectivity index is 2.41. The largest absolute Gasteiger partial charge is 0.387 e. The fourth-order valence-corrected chi connectivity index (χ4v) is 8.03. The normalized spacial score (nSPS) is 14.2. The molecule has 0 aliphatic rings. The minimum Gasteiger partial charge on any atom is -0.387 e. The molecule has 2 aromatic rings. The molecule has 0 saturated carbocycles. The molecule has 2 aromatic carbocycles. The fourth-order valence-electron chi connectivity index (χ4n) is 4.16. The summed E-state index contributed by atoms with van der Waals surface area (Å²) in [6.07, 6.45) is 1.88. The third-order valence-corrected chi connectivity index (χ3v) is 10.4. The molecule has 5 heteroatoms. The van der Waals surface area contributed by atoms with Gasteiger partial charge < -0.3 is 19.5 Å². The van der Waals surface area contributed by atoms with Gasteiger partial charge in [-0.1, -0.05) is 88.4 Å². The number of nitrogens with one attached hydrogen (secondary N) is 2. The summed E-state index contributed by atoms with van der Waals surface area (Å²) in [6.45, 7) is 10.9. The molecule has 0 amide bonds. The van der Waals surface area contributed by atoms with E-state index in [0.29, 0.717) is 11.1 Å². The summed E-state index contributed by atoms with van der Waals surface area (Å²) in [5.41, 5.74) is 3.11. The summed E-state index contributed by atoms with van der Waals surface area (Å²) in [5, 5.41) is 6.59. The summed E-state index contributed by atoms with van der Waals surface area (Å²) >= 11 is 0. The Bertz CT molecular complexity index is 661. The molecule has 0 saturated heterocycles. The molecular weight excluding hydrogens is 400 g/mol. The fraction of sp³-hybridized carbons (Fsp3) is 0.538. The van der Waals surface area contributed by atoms with Crippen LogP contribution in [0.15, 0.2) is 60.7 Å². The Labute approximate surface area is 191 Å². The van der Waals surface area contributed by atoms with Gasteiger partial charge in [0, 0.05) is 0 Å². The lowest BCUT2D eigenvalue weighted by Gasteiger charge is -2.43. The van der Waals surface area contributed by atoms with Gasteiger partial charge in [-0.3, -0.25) is 0 Å². The first-order valence-corrected chi connectivity index (χ1v) is 13.7. The van der Waals surface area contributed by atoms with E-state index in [1.54, 1.807) is 0 Å². The van der Waals surface area contributed by atoms with E-state index in [1.165, 1.54) is 11.1 Å². The quantitative estimate of drug-likeness (QED) is 0.353. The molecule has 0 bridgehead atoms. The van der Waals surface area contributed by atoms with E-state index in [2.05, 4.69) is 99.0 Å². The molecule has 0 aromatic heterocycles. The first-order chi connectivity index (χ1) is 14.9. The Kier molecular flexibility index (Phi) is 10.9. The topological polar surface area (TPSA) is 42.5 Å². The van der Waals surface area contributed by atoms with Crippen molar-refractivity contribution in [2.45, 2.75) is 63.8 Å². The van der Waals surface area contributed by atoms with E-state index in [-0.39, 0.29) is 12.2 Å². The Hall–Kier alpha value is -1.50. The van der Waals surface area contributed by atoms with E-state index in [0.717, 1.165) is 25.9 Å². The predicted molar refractivity (Wildman–Crippen MR) is 134 cm³/mol. The van der Waals surface area contributed by atoms with Crippen LogP contribution in [-0.2, 0) is 8.85 Å². The van der Waals surface area contributed by atoms with Crippen molar-refractivity contribution in [1.29, 1.82) is 0 Å². The monoisotopic (exact) mass is 442 g/mol. The van der Waals surface area contributed by atoms with Gasteiger partial charge in [0.1, 0.15) is 0 Å². The van der Waals surface area contributed by atoms with Crippen LogP contribution >= 0.6 is 0 Å². The molecule has 2 N–H and O–H groups in total. The molecule has 0 fully saturated rings. The zero-order chi connectivity index (χ0) is 22.7. The van der Waals surface area contributed by atoms with Gasteiger partial charge in [0.15, 0.2) is 0 Å². The molecule has 31 heavy (non-hydrogen) atoms. The van der Waals surface area contributed by atoms with Crippen molar-refractivity contribution in [1.82, 2.24) is 10.6 Å². The van der Waals surface area contributed by atoms with Crippen LogP contribution in [0.5, 0.6) is 0 Å². The van der Waals surface area contributed by atoms with Gasteiger partial charge in [0.2, 0.25) is 0 Å². The highest BCUT2D eigenvalue weighted by Crippen LogP contribution is 2.43. The highest BCUT2D eigenvalue weighted by atomic mass is 28.4. The molecule has 2 unspecified atom stereocenters. The van der Waals surface area contributed by atoms with Crippen LogP contribution in [0.25, 0.3) is 0 Å². The number of hydrogen-bond acceptors (Lipinski definition) is 4. The van der Waals surface area contributed by atoms with Gasteiger partial charge in [-0.15, -0.1) is 0 Å². The van der Waals surface area contributed by atoms with Gasteiger partial charge in [0.25, 0.3) is 0 Å². The molecule has 0 aliphatic carbocycles. The molecule has 2 rings (SSSR count). The number of hydrogen-bond donors (Lipinski definition) is 2. The van der Waals surface area contributed by atoms with Crippen molar-refractivity contribution in [3.05, 3.63) is 71.8 Å². The maximum absolute atomic E-state index is 7.14. The molecule has 0 aliphatic heterocycles. The SMILES string of the molecule is CNCCC(O[Si](OC(CCNC)c1ccccc1)(C(C)C)C(C)C)c1ccccc1. The average Bonchev–Trinajstić information content (AvgIpc) is 2.79. The summed E-state index contributed by atoms with van der Waals surface area (Å²) in [7, 11) is 1.40. The first kappa shape index (κ1) is 25.8. The standard InChI is InChI=1S/C26H42N2O2Si/c1-21(2)31(22(3)4,29-25(17-19-27-5)23-13-9-7-10-14-23)30-26(18-20-28-6)24-15-11-8-12-16-24/h7-16,21-22,25-28H,17-20H2,1-6H3. The molecular formula is C26H42N2O2Si. The molecule has 0 radical (unpaired) electrons. The lowest BCUT2D eigenvalue weighted by molar-refractivity contribution is 0.0583. The highest BCUT2D eigenvalue weighted by Gasteiger charge is 2.48. The van der Waals surface area contributed by atoms with Crippen molar-refractivity contribution in [2.75, 3.05) is 27.2 Å². The van der Waals surface area contributed by atoms with Crippen LogP contribution in [0.1, 0.15) is 63.9 Å². The third kappa shape index (κ3) is 7.26. The molecule has 0 spiro atoms. The maximum Gasteiger partial charge on any atom is 0.344 e. The average molecular weight is 443 g/mol. The van der Waals surface area contributed by atoms with Crippen LogP contribution in [0, 0.1) is 0 Å². The predicted octanol–water partition coefficient (Wildman–Crippen LogP) is 5.98. The lowest BCUT2D eigenvalue weighted by atomic mass is 10.1. The lowest BCUT2D eigenvalue weighted by Crippen LogP contribution is -2.50. The van der Waals surface area contributed by atoms with Crippen molar-refractivity contribution >= 4 is 8.56 Å². The summed E-state index contributed by atoms with van der Waals surface area (Å²) < 4.78 is 14.3. The van der Waals surface area contributed by atoms with Crippen LogP contribution in [0.4, 0.5) is 0 Å². The zero-order valence-electron chi connectivity index (χ0n) is 20.2. The van der Waals surface area contributed by atoms with E-state index in [1.807, 2.05) is 14.1 Å². The van der Waals surface area contributed by atoms with E-state index < -0.39 is 8.56 Å². The minimum atomic E-state index is -2.60. The maximum atomic E-state index is 7.14. The smallest absolute Gasteiger partial charge is 0.344 e. The van der Waals surface area contributed by atoms with Crippen LogP contribution in [-0.4, -0.2) is 35.7 Å². The van der Waals surface area contributed by atoms with Crippen molar-refractivity contribution in [3.8, 4) is 0 Å². The van der Waals surface area contributed by atoms with Crippen LogP contribution < -0.4 is 10.6 Å². The van der Waals surface area contributed by atoms with Gasteiger partial charge in [-0.05, 0) is 62.2 Å².